The van der Waals surface area contributed by atoms with Gasteiger partial charge in [0.15, 0.2) is 11.4 Å². The lowest BCUT2D eigenvalue weighted by molar-refractivity contribution is -0.129. The van der Waals surface area contributed by atoms with E-state index in [-0.39, 0.29) is 22.9 Å². The highest BCUT2D eigenvalue weighted by Crippen LogP contribution is 2.20. The molecule has 1 aliphatic rings. The van der Waals surface area contributed by atoms with Gasteiger partial charge in [0, 0.05) is 0 Å². The number of carbonyl (C=O) groups is 1. The summed E-state index contributed by atoms with van der Waals surface area (Å²) in [5.41, 5.74) is -0.326. The maximum absolute atomic E-state index is 10.4. The molecular weight excluding hydrogens is 162 g/mol. The lowest BCUT2D eigenvalue weighted by Crippen LogP contribution is -2.20. The van der Waals surface area contributed by atoms with Crippen LogP contribution < -0.4 is 0 Å². The molecule has 0 saturated heterocycles. The molecule has 1 aromatic rings. The van der Waals surface area contributed by atoms with E-state index in [4.69, 9.17) is 10.5 Å². The Morgan fingerprint density at radius 2 is 2.25 bits per heavy atom. The fraction of sp³-hybridized carbons (Fsp3) is 0. The largest absolute Gasteiger partial charge is 0.476 e. The van der Waals surface area contributed by atoms with Gasteiger partial charge < -0.3 is 5.11 Å². The summed E-state index contributed by atoms with van der Waals surface area (Å²) in [5, 5.41) is 25.2. The van der Waals surface area contributed by atoms with Crippen molar-refractivity contribution >= 4 is 23.2 Å². The van der Waals surface area contributed by atoms with Gasteiger partial charge in [-0.3, -0.25) is 5.41 Å². The van der Waals surface area contributed by atoms with E-state index in [1.807, 2.05) is 0 Å². The maximum atomic E-state index is 10.4. The first-order chi connectivity index (χ1) is 5.70. The number of nitrogens with one attached hydrogen (secondary N) is 2. The van der Waals surface area contributed by atoms with E-state index in [0.29, 0.717) is 0 Å². The summed E-state index contributed by atoms with van der Waals surface area (Å²) in [6.45, 7) is 0. The van der Waals surface area contributed by atoms with Crippen LogP contribution in [-0.2, 0) is 4.79 Å². The predicted molar refractivity (Wildman–Crippen MR) is 37.9 cm³/mol. The van der Waals surface area contributed by atoms with Crippen LogP contribution in [0.15, 0.2) is 4.99 Å². The van der Waals surface area contributed by atoms with Crippen LogP contribution in [-0.4, -0.2) is 37.9 Å². The van der Waals surface area contributed by atoms with Gasteiger partial charge in [-0.15, -0.1) is 5.10 Å². The number of H-pyrrole nitrogens is 1. The molecule has 1 aliphatic heterocycles. The Bertz CT molecular complexity index is 404. The maximum Gasteiger partial charge on any atom is 0.356 e. The van der Waals surface area contributed by atoms with Crippen molar-refractivity contribution in [3.05, 3.63) is 5.69 Å². The number of fused-ring (bicyclic) bond motifs is 1. The second-order valence-corrected chi connectivity index (χ2v) is 2.14. The Hall–Kier alpha value is -2.05. The third kappa shape index (κ3) is 0.669. The summed E-state index contributed by atoms with van der Waals surface area (Å²) in [5.74, 6) is -1.07. The van der Waals surface area contributed by atoms with Crippen LogP contribution in [0.25, 0.3) is 0 Å². The summed E-state index contributed by atoms with van der Waals surface area (Å²) >= 11 is 0. The summed E-state index contributed by atoms with van der Waals surface area (Å²) in [6.07, 6.45) is 0. The van der Waals surface area contributed by atoms with Crippen molar-refractivity contribution in [1.29, 1.82) is 5.41 Å². The van der Waals surface area contributed by atoms with Gasteiger partial charge in [-0.05, 0) is 0 Å². The number of aliphatic carboxylic acids is 1. The Morgan fingerprint density at radius 1 is 1.50 bits per heavy atom. The zero-order chi connectivity index (χ0) is 8.72. The van der Waals surface area contributed by atoms with E-state index in [0.717, 1.165) is 0 Å². The Morgan fingerprint density at radius 3 is 2.83 bits per heavy atom. The third-order valence-corrected chi connectivity index (χ3v) is 1.42. The molecule has 0 spiro atoms. The number of aliphatic imine (C=N–C) groups is 1. The first-order valence-electron chi connectivity index (χ1n) is 3.02. The summed E-state index contributed by atoms with van der Waals surface area (Å²) in [7, 11) is 0. The second-order valence-electron chi connectivity index (χ2n) is 2.14. The van der Waals surface area contributed by atoms with E-state index in [1.54, 1.807) is 0 Å². The Kier molecular flexibility index (Phi) is 1.09. The van der Waals surface area contributed by atoms with Crippen LogP contribution in [0.2, 0.25) is 0 Å². The Labute approximate surface area is 65.6 Å². The van der Waals surface area contributed by atoms with Crippen LogP contribution >= 0.6 is 0 Å². The minimum absolute atomic E-state index is 0.164. The molecule has 0 aromatic carbocycles. The summed E-state index contributed by atoms with van der Waals surface area (Å²) < 4.78 is 0. The van der Waals surface area contributed by atoms with E-state index >= 15 is 0 Å². The molecule has 0 amide bonds. The normalized spacial score (nSPS) is 14.3. The molecule has 7 nitrogen and oxygen atoms in total. The summed E-state index contributed by atoms with van der Waals surface area (Å²) in [4.78, 5) is 14.0. The van der Waals surface area contributed by atoms with Crippen molar-refractivity contribution in [2.45, 2.75) is 0 Å². The first-order valence-corrected chi connectivity index (χ1v) is 3.02. The van der Waals surface area contributed by atoms with Gasteiger partial charge in [-0.2, -0.15) is 10.3 Å². The summed E-state index contributed by atoms with van der Waals surface area (Å²) in [6, 6.07) is 0. The van der Waals surface area contributed by atoms with E-state index in [1.165, 1.54) is 0 Å². The van der Waals surface area contributed by atoms with E-state index in [9.17, 15) is 4.79 Å². The molecule has 7 heteroatoms. The van der Waals surface area contributed by atoms with Crippen molar-refractivity contribution in [1.82, 2.24) is 15.4 Å². The van der Waals surface area contributed by atoms with Gasteiger partial charge in [0.05, 0.1) is 0 Å². The molecule has 0 saturated carbocycles. The minimum atomic E-state index is -1.24. The van der Waals surface area contributed by atoms with Crippen molar-refractivity contribution in [2.24, 2.45) is 4.99 Å². The highest BCUT2D eigenvalue weighted by Gasteiger charge is 2.29. The molecule has 0 radical (unpaired) electrons. The zero-order valence-corrected chi connectivity index (χ0v) is 5.70. The van der Waals surface area contributed by atoms with Crippen molar-refractivity contribution < 1.29 is 9.90 Å². The van der Waals surface area contributed by atoms with Crippen molar-refractivity contribution in [3.8, 4) is 0 Å². The molecule has 3 N–H and O–H groups in total. The van der Waals surface area contributed by atoms with Gasteiger partial charge in [-0.25, -0.2) is 9.79 Å². The van der Waals surface area contributed by atoms with Crippen LogP contribution in [0, 0.1) is 5.41 Å². The number of nitrogens with zero attached hydrogens (tertiary/aromatic N) is 3. The Balaban J connectivity index is 2.55. The monoisotopic (exact) mass is 165 g/mol. The zero-order valence-electron chi connectivity index (χ0n) is 5.70. The molecule has 0 atom stereocenters. The number of aromatic nitrogens is 3. The van der Waals surface area contributed by atoms with E-state index in [2.05, 4.69) is 20.4 Å². The number of carboxylic acids is 1. The molecule has 1 aromatic heterocycles. The molecule has 2 rings (SSSR count). The molecule has 12 heavy (non-hydrogen) atoms. The molecule has 60 valence electrons. The van der Waals surface area contributed by atoms with Gasteiger partial charge in [0.25, 0.3) is 0 Å². The highest BCUT2D eigenvalue weighted by molar-refractivity contribution is 6.69. The van der Waals surface area contributed by atoms with E-state index < -0.39 is 5.97 Å². The number of rotatable bonds is 1. The SMILES string of the molecule is N=C1C(C(=O)O)=Nc2n[nH]nc21. The quantitative estimate of drug-likeness (QED) is 0.512. The van der Waals surface area contributed by atoms with Gasteiger partial charge in [0.2, 0.25) is 5.82 Å². The molecule has 0 aliphatic carbocycles. The smallest absolute Gasteiger partial charge is 0.356 e. The fourth-order valence-corrected chi connectivity index (χ4v) is 0.900. The lowest BCUT2D eigenvalue weighted by atomic mass is 10.2. The van der Waals surface area contributed by atoms with Gasteiger partial charge >= 0.3 is 5.97 Å². The lowest BCUT2D eigenvalue weighted by Gasteiger charge is -1.89. The van der Waals surface area contributed by atoms with Gasteiger partial charge in [0.1, 0.15) is 5.71 Å². The van der Waals surface area contributed by atoms with Crippen molar-refractivity contribution in [2.75, 3.05) is 0 Å². The number of hydrogen-bond donors (Lipinski definition) is 3. The predicted octanol–water partition coefficient (Wildman–Crippen LogP) is -0.657. The first kappa shape index (κ1) is 6.65. The average Bonchev–Trinajstić information content (AvgIpc) is 2.53. The minimum Gasteiger partial charge on any atom is -0.476 e. The van der Waals surface area contributed by atoms with Gasteiger partial charge in [-0.1, -0.05) is 0 Å². The van der Waals surface area contributed by atoms with Crippen LogP contribution in [0.3, 0.4) is 0 Å². The number of carboxylic acid groups (broad SMARTS) is 1. The molecule has 0 bridgehead atoms. The molecule has 0 fully saturated rings. The molecule has 0 unspecified atom stereocenters. The topological polar surface area (TPSA) is 115 Å². The molecule has 2 heterocycles. The van der Waals surface area contributed by atoms with Crippen LogP contribution in [0.5, 0.6) is 0 Å². The fourth-order valence-electron chi connectivity index (χ4n) is 0.900. The second kappa shape index (κ2) is 1.97. The number of aromatic amines is 1. The molecular formula is C5H3N5O2. The standard InChI is InChI=1S/C5H3N5O2/c6-1-2-4(9-10-8-2)7-3(1)5(11)12/h6H,(H,11,12)(H,8,9,10). The average molecular weight is 165 g/mol. The number of hydrogen-bond acceptors (Lipinski definition) is 5. The van der Waals surface area contributed by atoms with Crippen molar-refractivity contribution in [3.63, 3.8) is 0 Å². The van der Waals surface area contributed by atoms with Crippen LogP contribution in [0.1, 0.15) is 5.69 Å². The third-order valence-electron chi connectivity index (χ3n) is 1.42. The highest BCUT2D eigenvalue weighted by atomic mass is 16.4. The van der Waals surface area contributed by atoms with Crippen LogP contribution in [0.4, 0.5) is 5.82 Å².